The molecule has 0 rings (SSSR count). The van der Waals surface area contributed by atoms with Crippen LogP contribution in [-0.2, 0) is 4.43 Å². The second-order valence-corrected chi connectivity index (χ2v) is 2.05. The minimum atomic E-state index is 0.584. The Labute approximate surface area is 59.4 Å². The zero-order chi connectivity index (χ0) is 7.28. The normalized spacial score (nSPS) is 9.67. The van der Waals surface area contributed by atoms with E-state index in [2.05, 4.69) is 21.5 Å². The molecule has 0 heterocycles. The van der Waals surface area contributed by atoms with Crippen molar-refractivity contribution in [2.75, 3.05) is 14.1 Å². The first-order valence-electron chi connectivity index (χ1n) is 2.54. The summed E-state index contributed by atoms with van der Waals surface area (Å²) in [4.78, 5) is 1.90. The highest BCUT2D eigenvalue weighted by Gasteiger charge is 1.80. The Hall–Kier alpha value is -0.703. The minimum Gasteiger partial charge on any atom is -0.541 e. The predicted molar refractivity (Wildman–Crippen MR) is 38.8 cm³/mol. The molecule has 0 aromatic carbocycles. The Balaban J connectivity index is 3.57. The molecule has 0 atom stereocenters. The van der Waals surface area contributed by atoms with Crippen LogP contribution in [0.1, 0.15) is 0 Å². The highest BCUT2D eigenvalue weighted by molar-refractivity contribution is 5.98. The second-order valence-electron chi connectivity index (χ2n) is 1.85. The van der Waals surface area contributed by atoms with Crippen molar-refractivity contribution < 1.29 is 4.43 Å². The van der Waals surface area contributed by atoms with Crippen LogP contribution in [0.25, 0.3) is 0 Å². The largest absolute Gasteiger partial charge is 0.541 e. The molecule has 0 saturated heterocycles. The molecule has 0 fully saturated rings. The van der Waals surface area contributed by atoms with E-state index in [1.165, 1.54) is 0 Å². The molecule has 0 N–H and O–H groups in total. The van der Waals surface area contributed by atoms with Gasteiger partial charge in [0.1, 0.15) is 0 Å². The second kappa shape index (κ2) is 4.20. The van der Waals surface area contributed by atoms with Gasteiger partial charge in [0.25, 0.3) is 0 Å². The van der Waals surface area contributed by atoms with Gasteiger partial charge >= 0.3 is 10.5 Å². The van der Waals surface area contributed by atoms with Crippen molar-refractivity contribution in [3.05, 3.63) is 24.6 Å². The molecule has 9 heavy (non-hydrogen) atoms. The van der Waals surface area contributed by atoms with Crippen molar-refractivity contribution in [3.63, 3.8) is 0 Å². The Morgan fingerprint density at radius 2 is 2.22 bits per heavy atom. The summed E-state index contributed by atoms with van der Waals surface area (Å²) in [5.41, 5.74) is 0. The first-order chi connectivity index (χ1) is 4.16. The predicted octanol–water partition coefficient (Wildman–Crippen LogP) is 0.675. The van der Waals surface area contributed by atoms with E-state index >= 15 is 0 Å². The maximum atomic E-state index is 4.60. The highest BCUT2D eigenvalue weighted by Crippen LogP contribution is 1.91. The van der Waals surface area contributed by atoms with Crippen LogP contribution < -0.4 is 0 Å². The number of hydrogen-bond donors (Lipinski definition) is 0. The molecular formula is C6H10NOSi. The molecule has 3 radical (unpaired) electrons. The average molecular weight is 140 g/mol. The fourth-order valence-corrected chi connectivity index (χ4v) is 0.334. The first kappa shape index (κ1) is 8.30. The topological polar surface area (TPSA) is 12.5 Å². The lowest BCUT2D eigenvalue weighted by Crippen LogP contribution is -2.00. The zero-order valence-corrected chi connectivity index (χ0v) is 6.72. The summed E-state index contributed by atoms with van der Waals surface area (Å²) in [6.07, 6.45) is 3.61. The Morgan fingerprint density at radius 3 is 2.56 bits per heavy atom. The maximum absolute atomic E-state index is 4.60. The van der Waals surface area contributed by atoms with Crippen molar-refractivity contribution in [2.24, 2.45) is 0 Å². The van der Waals surface area contributed by atoms with Gasteiger partial charge in [-0.3, -0.25) is 0 Å². The number of allylic oxidation sites excluding steroid dienone is 1. The lowest BCUT2D eigenvalue weighted by Gasteiger charge is -2.03. The molecule has 0 saturated carbocycles. The molecule has 0 aromatic heterocycles. The molecule has 0 spiro atoms. The van der Waals surface area contributed by atoms with Crippen LogP contribution in [0.4, 0.5) is 0 Å². The Bertz CT molecular complexity index is 120. The number of hydrogen-bond acceptors (Lipinski definition) is 2. The van der Waals surface area contributed by atoms with Gasteiger partial charge in [-0.25, -0.2) is 0 Å². The van der Waals surface area contributed by atoms with Gasteiger partial charge in [-0.1, -0.05) is 6.58 Å². The monoisotopic (exact) mass is 140 g/mol. The van der Waals surface area contributed by atoms with E-state index in [0.717, 1.165) is 0 Å². The lowest BCUT2D eigenvalue weighted by molar-refractivity contribution is 0.488. The summed E-state index contributed by atoms with van der Waals surface area (Å²) in [5, 5.41) is 0. The third-order valence-electron chi connectivity index (χ3n) is 0.690. The molecule has 0 amide bonds. The van der Waals surface area contributed by atoms with Crippen molar-refractivity contribution >= 4 is 10.5 Å². The molecule has 0 unspecified atom stereocenters. The summed E-state index contributed by atoms with van der Waals surface area (Å²) in [6, 6.07) is 0. The van der Waals surface area contributed by atoms with Crippen LogP contribution >= 0.6 is 0 Å². The molecule has 0 aliphatic heterocycles. The molecular weight excluding hydrogens is 130 g/mol. The minimum absolute atomic E-state index is 0.584. The summed E-state index contributed by atoms with van der Waals surface area (Å²) in [7, 11) is 6.70. The maximum Gasteiger partial charge on any atom is 0.341 e. The summed E-state index contributed by atoms with van der Waals surface area (Å²) >= 11 is 0. The van der Waals surface area contributed by atoms with Gasteiger partial charge in [0.15, 0.2) is 0 Å². The van der Waals surface area contributed by atoms with Crippen molar-refractivity contribution in [3.8, 4) is 0 Å². The van der Waals surface area contributed by atoms with Crippen LogP contribution in [0.5, 0.6) is 0 Å². The van der Waals surface area contributed by atoms with Crippen molar-refractivity contribution in [1.82, 2.24) is 4.90 Å². The third kappa shape index (κ3) is 5.16. The van der Waals surface area contributed by atoms with E-state index < -0.39 is 0 Å². The highest BCUT2D eigenvalue weighted by atomic mass is 28.2. The molecule has 2 nitrogen and oxygen atoms in total. The average Bonchev–Trinajstić information content (AvgIpc) is 1.83. The van der Waals surface area contributed by atoms with Gasteiger partial charge in [0, 0.05) is 20.3 Å². The molecule has 0 bridgehead atoms. The molecule has 3 heteroatoms. The molecule has 0 aliphatic rings. The van der Waals surface area contributed by atoms with Crippen LogP contribution in [0, 0.1) is 0 Å². The van der Waals surface area contributed by atoms with Gasteiger partial charge in [-0.2, -0.15) is 0 Å². The van der Waals surface area contributed by atoms with Crippen LogP contribution in [0.3, 0.4) is 0 Å². The first-order valence-corrected chi connectivity index (χ1v) is 2.94. The lowest BCUT2D eigenvalue weighted by atomic mass is 10.5. The van der Waals surface area contributed by atoms with Gasteiger partial charge in [-0.05, 0) is 6.08 Å². The quantitative estimate of drug-likeness (QED) is 0.325. The van der Waals surface area contributed by atoms with Gasteiger partial charge in [0.2, 0.25) is 0 Å². The van der Waals surface area contributed by atoms with E-state index in [4.69, 9.17) is 0 Å². The summed E-state index contributed by atoms with van der Waals surface area (Å²) < 4.78 is 4.60. The standard InChI is InChI=1S/C6H10NOSi/c1-6(8-9)4-5-7(2)3/h4-5H,1H2,2-3H3/b5-4+. The van der Waals surface area contributed by atoms with E-state index in [-0.39, 0.29) is 0 Å². The van der Waals surface area contributed by atoms with Crippen molar-refractivity contribution in [1.29, 1.82) is 0 Å². The Morgan fingerprint density at radius 1 is 1.67 bits per heavy atom. The molecule has 0 aromatic rings. The number of nitrogens with zero attached hydrogens (tertiary/aromatic N) is 1. The molecule has 0 aliphatic carbocycles. The SMILES string of the molecule is C=C(/C=C/N(C)C)O[Si]. The number of rotatable bonds is 3. The van der Waals surface area contributed by atoms with Crippen LogP contribution in [0.15, 0.2) is 24.6 Å². The summed E-state index contributed by atoms with van der Waals surface area (Å²) in [6.45, 7) is 3.56. The van der Waals surface area contributed by atoms with E-state index in [9.17, 15) is 0 Å². The van der Waals surface area contributed by atoms with Gasteiger partial charge in [0.05, 0.1) is 5.76 Å². The third-order valence-corrected chi connectivity index (χ3v) is 0.952. The summed E-state index contributed by atoms with van der Waals surface area (Å²) in [5.74, 6) is 0.584. The van der Waals surface area contributed by atoms with Gasteiger partial charge in [-0.15, -0.1) is 0 Å². The fraction of sp³-hybridized carbons (Fsp3) is 0.333. The fourth-order valence-electron chi connectivity index (χ4n) is 0.266. The van der Waals surface area contributed by atoms with Crippen LogP contribution in [-0.4, -0.2) is 29.5 Å². The zero-order valence-electron chi connectivity index (χ0n) is 5.72. The van der Waals surface area contributed by atoms with Gasteiger partial charge < -0.3 is 9.33 Å². The van der Waals surface area contributed by atoms with E-state index in [0.29, 0.717) is 5.76 Å². The van der Waals surface area contributed by atoms with Crippen molar-refractivity contribution in [2.45, 2.75) is 0 Å². The molecule has 49 valence electrons. The van der Waals surface area contributed by atoms with E-state index in [1.54, 1.807) is 6.08 Å². The van der Waals surface area contributed by atoms with E-state index in [1.807, 2.05) is 25.2 Å². The smallest absolute Gasteiger partial charge is 0.341 e. The van der Waals surface area contributed by atoms with Crippen LogP contribution in [0.2, 0.25) is 0 Å². The Kier molecular flexibility index (Phi) is 3.87.